The molecular formula is C18H22N6O4S. The zero-order valence-electron chi connectivity index (χ0n) is 16.6. The number of non-ortho nitro benzene ring substituents is 1. The van der Waals surface area contributed by atoms with Gasteiger partial charge in [0.15, 0.2) is 5.69 Å². The van der Waals surface area contributed by atoms with Crippen molar-refractivity contribution in [1.82, 2.24) is 25.2 Å². The Morgan fingerprint density at radius 1 is 1.34 bits per heavy atom. The lowest BCUT2D eigenvalue weighted by molar-refractivity contribution is -0.384. The van der Waals surface area contributed by atoms with Crippen LogP contribution in [0.4, 0.5) is 5.69 Å². The van der Waals surface area contributed by atoms with Gasteiger partial charge < -0.3 is 10.2 Å². The molecule has 1 unspecified atom stereocenters. The molecule has 0 bridgehead atoms. The molecule has 1 aliphatic rings. The first-order chi connectivity index (χ1) is 13.6. The normalized spacial score (nSPS) is 16.7. The van der Waals surface area contributed by atoms with Gasteiger partial charge in [-0.05, 0) is 33.8 Å². The van der Waals surface area contributed by atoms with Crippen LogP contribution in [0.15, 0.2) is 24.3 Å². The Balaban J connectivity index is 1.86. The van der Waals surface area contributed by atoms with Crippen LogP contribution in [0, 0.1) is 17.0 Å². The number of thioether (sulfide) groups is 1. The molecule has 1 N–H and O–H groups in total. The summed E-state index contributed by atoms with van der Waals surface area (Å²) < 4.78 is 1.38. The Morgan fingerprint density at radius 2 is 2.07 bits per heavy atom. The highest BCUT2D eigenvalue weighted by Gasteiger charge is 2.38. The van der Waals surface area contributed by atoms with Crippen molar-refractivity contribution in [3.63, 3.8) is 0 Å². The number of benzene rings is 1. The zero-order chi connectivity index (χ0) is 21.3. The van der Waals surface area contributed by atoms with Gasteiger partial charge in [-0.15, -0.1) is 16.9 Å². The summed E-state index contributed by atoms with van der Waals surface area (Å²) >= 11 is 1.50. The first-order valence-corrected chi connectivity index (χ1v) is 10.1. The van der Waals surface area contributed by atoms with E-state index in [0.717, 1.165) is 0 Å². The van der Waals surface area contributed by atoms with Crippen molar-refractivity contribution in [2.24, 2.45) is 0 Å². The van der Waals surface area contributed by atoms with Gasteiger partial charge in [0, 0.05) is 23.4 Å². The Morgan fingerprint density at radius 3 is 2.72 bits per heavy atom. The van der Waals surface area contributed by atoms with Gasteiger partial charge in [-0.3, -0.25) is 19.7 Å². The molecule has 2 heterocycles. The molecule has 2 amide bonds. The summed E-state index contributed by atoms with van der Waals surface area (Å²) in [5.41, 5.74) is 0.510. The number of carbonyl (C=O) groups is 2. The number of hydrogen-bond donors (Lipinski definition) is 1. The number of amides is 2. The topological polar surface area (TPSA) is 123 Å². The van der Waals surface area contributed by atoms with E-state index in [1.54, 1.807) is 19.1 Å². The van der Waals surface area contributed by atoms with Crippen LogP contribution in [0.25, 0.3) is 5.69 Å². The van der Waals surface area contributed by atoms with E-state index in [-0.39, 0.29) is 17.3 Å². The van der Waals surface area contributed by atoms with Crippen LogP contribution in [0.1, 0.15) is 37.0 Å². The summed E-state index contributed by atoms with van der Waals surface area (Å²) in [7, 11) is 0. The largest absolute Gasteiger partial charge is 0.350 e. The average Bonchev–Trinajstić information content (AvgIpc) is 3.27. The molecule has 154 valence electrons. The number of aromatic nitrogens is 3. The van der Waals surface area contributed by atoms with Crippen LogP contribution in [0.2, 0.25) is 0 Å². The van der Waals surface area contributed by atoms with Crippen molar-refractivity contribution in [1.29, 1.82) is 0 Å². The molecule has 0 saturated carbocycles. The smallest absolute Gasteiger partial charge is 0.277 e. The van der Waals surface area contributed by atoms with Gasteiger partial charge in [0.25, 0.3) is 11.6 Å². The fourth-order valence-corrected chi connectivity index (χ4v) is 4.11. The predicted octanol–water partition coefficient (Wildman–Crippen LogP) is 1.91. The van der Waals surface area contributed by atoms with Crippen LogP contribution in [0.3, 0.4) is 0 Å². The monoisotopic (exact) mass is 418 g/mol. The summed E-state index contributed by atoms with van der Waals surface area (Å²) in [5, 5.41) is 21.9. The van der Waals surface area contributed by atoms with Crippen LogP contribution in [-0.2, 0) is 4.79 Å². The molecule has 1 aliphatic heterocycles. The minimum atomic E-state index is -0.589. The van der Waals surface area contributed by atoms with Gasteiger partial charge in [0.2, 0.25) is 5.91 Å². The van der Waals surface area contributed by atoms with E-state index >= 15 is 0 Å². The molecule has 0 radical (unpaired) electrons. The fraction of sp³-hybridized carbons (Fsp3) is 0.444. The van der Waals surface area contributed by atoms with E-state index in [4.69, 9.17) is 0 Å². The number of carbonyl (C=O) groups excluding carboxylic acids is 2. The molecule has 1 aromatic carbocycles. The zero-order valence-corrected chi connectivity index (χ0v) is 17.4. The Kier molecular flexibility index (Phi) is 5.60. The molecule has 3 rings (SSSR count). The third-order valence-corrected chi connectivity index (χ3v) is 5.34. The first kappa shape index (κ1) is 20.8. The Bertz CT molecular complexity index is 968. The molecule has 11 heteroatoms. The van der Waals surface area contributed by atoms with Crippen molar-refractivity contribution in [2.75, 3.05) is 11.6 Å². The lowest BCUT2D eigenvalue weighted by Gasteiger charge is -2.27. The lowest BCUT2D eigenvalue weighted by atomic mass is 10.1. The van der Waals surface area contributed by atoms with Crippen molar-refractivity contribution in [3.8, 4) is 5.69 Å². The minimum absolute atomic E-state index is 0.0832. The van der Waals surface area contributed by atoms with Crippen molar-refractivity contribution >= 4 is 29.3 Å². The van der Waals surface area contributed by atoms with Crippen molar-refractivity contribution < 1.29 is 14.5 Å². The van der Waals surface area contributed by atoms with Gasteiger partial charge in [-0.25, -0.2) is 4.68 Å². The summed E-state index contributed by atoms with van der Waals surface area (Å²) in [6, 6.07) is 5.34. The molecule has 29 heavy (non-hydrogen) atoms. The molecular weight excluding hydrogens is 396 g/mol. The second-order valence-electron chi connectivity index (χ2n) is 7.74. The van der Waals surface area contributed by atoms with Crippen LogP contribution < -0.4 is 5.32 Å². The highest BCUT2D eigenvalue weighted by molar-refractivity contribution is 7.99. The first-order valence-electron chi connectivity index (χ1n) is 8.96. The highest BCUT2D eigenvalue weighted by atomic mass is 32.2. The lowest BCUT2D eigenvalue weighted by Crippen LogP contribution is -2.52. The second kappa shape index (κ2) is 7.82. The van der Waals surface area contributed by atoms with Crippen LogP contribution in [0.5, 0.6) is 0 Å². The van der Waals surface area contributed by atoms with Gasteiger partial charge in [0.1, 0.15) is 6.04 Å². The van der Waals surface area contributed by atoms with Crippen LogP contribution in [-0.4, -0.2) is 59.8 Å². The SMILES string of the molecule is Cc1c(C(=O)N2CSCC2C(=O)NC(C)(C)C)nnn1-c1cccc([N+](=O)[O-])c1. The summed E-state index contributed by atoms with van der Waals surface area (Å²) in [4.78, 5) is 37.7. The molecule has 1 fully saturated rings. The Hall–Kier alpha value is -2.95. The van der Waals surface area contributed by atoms with E-state index in [9.17, 15) is 19.7 Å². The van der Waals surface area contributed by atoms with Gasteiger partial charge in [0.05, 0.1) is 22.2 Å². The van der Waals surface area contributed by atoms with E-state index in [1.165, 1.54) is 33.5 Å². The molecule has 2 aromatic rings. The van der Waals surface area contributed by atoms with Crippen molar-refractivity contribution in [3.05, 3.63) is 45.8 Å². The van der Waals surface area contributed by atoms with Gasteiger partial charge in [-0.1, -0.05) is 11.3 Å². The maximum absolute atomic E-state index is 13.1. The van der Waals surface area contributed by atoms with Gasteiger partial charge in [-0.2, -0.15) is 0 Å². The third kappa shape index (κ3) is 4.39. The maximum atomic E-state index is 13.1. The number of rotatable bonds is 4. The number of nitro benzene ring substituents is 1. The number of nitrogens with zero attached hydrogens (tertiary/aromatic N) is 5. The number of nitro groups is 1. The standard InChI is InChI=1S/C18H22N6O4S/c1-11-15(20-21-23(11)12-6-5-7-13(8-12)24(27)28)17(26)22-10-29-9-14(22)16(25)19-18(2,3)4/h5-8,14H,9-10H2,1-4H3,(H,19,25). The van der Waals surface area contributed by atoms with Crippen molar-refractivity contribution in [2.45, 2.75) is 39.3 Å². The summed E-state index contributed by atoms with van der Waals surface area (Å²) in [6.07, 6.45) is 0. The third-order valence-electron chi connectivity index (χ3n) is 4.33. The quantitative estimate of drug-likeness (QED) is 0.594. The second-order valence-corrected chi connectivity index (χ2v) is 8.74. The molecule has 1 atom stereocenters. The Labute approximate surface area is 171 Å². The molecule has 0 aliphatic carbocycles. The van der Waals surface area contributed by atoms with E-state index in [2.05, 4.69) is 15.6 Å². The van der Waals surface area contributed by atoms with Crippen LogP contribution >= 0.6 is 11.8 Å². The minimum Gasteiger partial charge on any atom is -0.350 e. The summed E-state index contributed by atoms with van der Waals surface area (Å²) in [6.45, 7) is 7.31. The maximum Gasteiger partial charge on any atom is 0.277 e. The fourth-order valence-electron chi connectivity index (χ4n) is 2.96. The molecule has 0 spiro atoms. The predicted molar refractivity (Wildman–Crippen MR) is 108 cm³/mol. The van der Waals surface area contributed by atoms with E-state index in [0.29, 0.717) is 23.0 Å². The highest BCUT2D eigenvalue weighted by Crippen LogP contribution is 2.25. The van der Waals surface area contributed by atoms with E-state index < -0.39 is 22.4 Å². The van der Waals surface area contributed by atoms with E-state index in [1.807, 2.05) is 20.8 Å². The summed E-state index contributed by atoms with van der Waals surface area (Å²) in [5.74, 6) is 0.286. The molecule has 1 aromatic heterocycles. The number of hydrogen-bond acceptors (Lipinski definition) is 7. The molecule has 1 saturated heterocycles. The van der Waals surface area contributed by atoms with Gasteiger partial charge >= 0.3 is 0 Å². The number of nitrogens with one attached hydrogen (secondary N) is 1. The average molecular weight is 418 g/mol. The molecule has 10 nitrogen and oxygen atoms in total.